The molecule has 2 aliphatic carbocycles. The van der Waals surface area contributed by atoms with Crippen molar-refractivity contribution in [3.05, 3.63) is 23.8 Å². The maximum atomic E-state index is 12.9. The van der Waals surface area contributed by atoms with E-state index in [1.54, 1.807) is 19.9 Å². The van der Waals surface area contributed by atoms with E-state index in [4.69, 9.17) is 14.2 Å². The van der Waals surface area contributed by atoms with Gasteiger partial charge in [0.05, 0.1) is 0 Å². The zero-order valence-electron chi connectivity index (χ0n) is 17.4. The molecule has 0 aromatic carbocycles. The molecule has 3 fully saturated rings. The van der Waals surface area contributed by atoms with Gasteiger partial charge in [0, 0.05) is 18.4 Å². The standard InChI is InChI=1S/C22H30O6/c1-7-12(2)19(24)28-16-9-8-13(3)21(6)11-22(14(4)10-26-20(22)25)18(17(16)21)27-15(5)23/h7,13,16-18H,4,8-11H2,1-3,5-6H3/b12-7-/t13-,16-,17+,18+,21+,22+/m0/s1. The molecule has 6 atom stereocenters. The number of hydrogen-bond donors (Lipinski definition) is 0. The van der Waals surface area contributed by atoms with Crippen LogP contribution in [0.5, 0.6) is 0 Å². The summed E-state index contributed by atoms with van der Waals surface area (Å²) in [4.78, 5) is 37.3. The van der Waals surface area contributed by atoms with E-state index < -0.39 is 23.6 Å². The smallest absolute Gasteiger partial charge is 0.333 e. The molecule has 0 bridgehead atoms. The van der Waals surface area contributed by atoms with Crippen LogP contribution in [0, 0.1) is 22.7 Å². The molecule has 6 nitrogen and oxygen atoms in total. The second-order valence-corrected chi connectivity index (χ2v) is 8.78. The summed E-state index contributed by atoms with van der Waals surface area (Å²) in [6.45, 7) is 13.3. The second kappa shape index (κ2) is 7.05. The Morgan fingerprint density at radius 1 is 1.25 bits per heavy atom. The lowest BCUT2D eigenvalue weighted by molar-refractivity contribution is -0.173. The number of carbonyl (C=O) groups is 3. The molecular weight excluding hydrogens is 360 g/mol. The Balaban J connectivity index is 2.07. The van der Waals surface area contributed by atoms with Crippen molar-refractivity contribution in [1.82, 2.24) is 0 Å². The molecule has 0 unspecified atom stereocenters. The van der Waals surface area contributed by atoms with Gasteiger partial charge in [0.25, 0.3) is 0 Å². The van der Waals surface area contributed by atoms with Crippen molar-refractivity contribution in [3.8, 4) is 0 Å². The van der Waals surface area contributed by atoms with E-state index in [-0.39, 0.29) is 35.8 Å². The van der Waals surface area contributed by atoms with E-state index in [0.717, 1.165) is 6.42 Å². The van der Waals surface area contributed by atoms with Crippen LogP contribution in [-0.2, 0) is 28.6 Å². The number of fused-ring (bicyclic) bond motifs is 1. The highest BCUT2D eigenvalue weighted by molar-refractivity contribution is 5.88. The van der Waals surface area contributed by atoms with Gasteiger partial charge >= 0.3 is 17.9 Å². The number of carbonyl (C=O) groups excluding carboxylic acids is 3. The molecule has 154 valence electrons. The van der Waals surface area contributed by atoms with Crippen LogP contribution in [0.3, 0.4) is 0 Å². The quantitative estimate of drug-likeness (QED) is 0.318. The van der Waals surface area contributed by atoms with E-state index in [0.29, 0.717) is 24.0 Å². The van der Waals surface area contributed by atoms with Gasteiger partial charge in [0.2, 0.25) is 0 Å². The number of allylic oxidation sites excluding steroid dienone is 1. The minimum absolute atomic E-state index is 0.135. The van der Waals surface area contributed by atoms with Gasteiger partial charge in [-0.3, -0.25) is 9.59 Å². The van der Waals surface area contributed by atoms with Crippen LogP contribution >= 0.6 is 0 Å². The van der Waals surface area contributed by atoms with Crippen LogP contribution in [-0.4, -0.2) is 36.7 Å². The third-order valence-electron chi connectivity index (χ3n) is 7.32. The summed E-state index contributed by atoms with van der Waals surface area (Å²) in [5, 5.41) is 0. The first-order chi connectivity index (χ1) is 13.1. The summed E-state index contributed by atoms with van der Waals surface area (Å²) in [5.41, 5.74) is -0.244. The van der Waals surface area contributed by atoms with Gasteiger partial charge in [-0.15, -0.1) is 0 Å². The number of hydrogen-bond acceptors (Lipinski definition) is 6. The Kier molecular flexibility index (Phi) is 5.19. The third-order valence-corrected chi connectivity index (χ3v) is 7.32. The summed E-state index contributed by atoms with van der Waals surface area (Å²) in [5.74, 6) is -1.25. The van der Waals surface area contributed by atoms with Gasteiger partial charge < -0.3 is 14.2 Å². The summed E-state index contributed by atoms with van der Waals surface area (Å²) < 4.78 is 17.0. The summed E-state index contributed by atoms with van der Waals surface area (Å²) >= 11 is 0. The van der Waals surface area contributed by atoms with Crippen LogP contribution in [0.1, 0.15) is 53.9 Å². The molecule has 2 saturated carbocycles. The summed E-state index contributed by atoms with van der Waals surface area (Å²) in [6, 6.07) is 0. The molecule has 1 spiro atoms. The van der Waals surface area contributed by atoms with Gasteiger partial charge in [-0.1, -0.05) is 26.5 Å². The molecule has 0 aromatic rings. The predicted octanol–water partition coefficient (Wildman–Crippen LogP) is 3.35. The number of cyclic esters (lactones) is 1. The molecule has 28 heavy (non-hydrogen) atoms. The molecule has 1 heterocycles. The lowest BCUT2D eigenvalue weighted by Crippen LogP contribution is -2.50. The average Bonchev–Trinajstić information content (AvgIpc) is 3.07. The fraction of sp³-hybridized carbons (Fsp3) is 0.682. The van der Waals surface area contributed by atoms with Gasteiger partial charge in [-0.25, -0.2) is 4.79 Å². The Morgan fingerprint density at radius 2 is 1.93 bits per heavy atom. The zero-order valence-corrected chi connectivity index (χ0v) is 17.4. The van der Waals surface area contributed by atoms with Crippen LogP contribution in [0.4, 0.5) is 0 Å². The van der Waals surface area contributed by atoms with Crippen molar-refractivity contribution >= 4 is 17.9 Å². The molecule has 1 aliphatic heterocycles. The Morgan fingerprint density at radius 3 is 2.46 bits per heavy atom. The van der Waals surface area contributed by atoms with Crippen molar-refractivity contribution in [1.29, 1.82) is 0 Å². The maximum absolute atomic E-state index is 12.9. The first-order valence-corrected chi connectivity index (χ1v) is 9.94. The second-order valence-electron chi connectivity index (χ2n) is 8.78. The van der Waals surface area contributed by atoms with E-state index in [1.807, 2.05) is 0 Å². The van der Waals surface area contributed by atoms with Crippen molar-refractivity contribution in [2.45, 2.75) is 66.1 Å². The fourth-order valence-electron chi connectivity index (χ4n) is 5.42. The molecule has 1 saturated heterocycles. The predicted molar refractivity (Wildman–Crippen MR) is 102 cm³/mol. The van der Waals surface area contributed by atoms with E-state index in [2.05, 4.69) is 20.4 Å². The molecule has 0 aromatic heterocycles. The normalized spacial score (nSPS) is 40.2. The van der Waals surface area contributed by atoms with E-state index in [1.165, 1.54) is 6.92 Å². The molecule has 3 rings (SSSR count). The SMILES string of the molecule is C=C1COC(=O)[C@]12C[C@@]1(C)[C@H]([C@@H](OC(=O)/C(C)=C\C)CC[C@@H]1C)[C@H]2OC(C)=O. The number of rotatable bonds is 3. The third kappa shape index (κ3) is 2.88. The van der Waals surface area contributed by atoms with Gasteiger partial charge in [-0.05, 0) is 50.0 Å². The van der Waals surface area contributed by atoms with Gasteiger partial charge in [0.1, 0.15) is 24.2 Å². The molecule has 3 aliphatic rings. The van der Waals surface area contributed by atoms with E-state index in [9.17, 15) is 14.4 Å². The Labute approximate surface area is 166 Å². The monoisotopic (exact) mass is 390 g/mol. The molecule has 0 radical (unpaired) electrons. The number of esters is 3. The molecule has 6 heteroatoms. The van der Waals surface area contributed by atoms with E-state index >= 15 is 0 Å². The lowest BCUT2D eigenvalue weighted by atomic mass is 9.61. The Hall–Kier alpha value is -2.11. The zero-order chi connectivity index (χ0) is 20.9. The van der Waals surface area contributed by atoms with Crippen molar-refractivity contribution in [3.63, 3.8) is 0 Å². The molecular formula is C22H30O6. The summed E-state index contributed by atoms with van der Waals surface area (Å²) in [6.07, 6.45) is 2.54. The van der Waals surface area contributed by atoms with Crippen LogP contribution in [0.2, 0.25) is 0 Å². The van der Waals surface area contributed by atoms with Crippen LogP contribution < -0.4 is 0 Å². The summed E-state index contributed by atoms with van der Waals surface area (Å²) in [7, 11) is 0. The highest BCUT2D eigenvalue weighted by Gasteiger charge is 2.71. The van der Waals surface area contributed by atoms with Crippen molar-refractivity contribution in [2.75, 3.05) is 6.61 Å². The maximum Gasteiger partial charge on any atom is 0.333 e. The van der Waals surface area contributed by atoms with Crippen LogP contribution in [0.25, 0.3) is 0 Å². The fourth-order valence-corrected chi connectivity index (χ4v) is 5.42. The minimum atomic E-state index is -1.07. The Bertz CT molecular complexity index is 734. The van der Waals surface area contributed by atoms with Gasteiger partial charge in [-0.2, -0.15) is 0 Å². The number of ether oxygens (including phenoxy) is 3. The van der Waals surface area contributed by atoms with Crippen LogP contribution in [0.15, 0.2) is 23.8 Å². The average molecular weight is 390 g/mol. The van der Waals surface area contributed by atoms with Crippen molar-refractivity contribution < 1.29 is 28.6 Å². The first kappa shape index (κ1) is 20.6. The molecule has 0 N–H and O–H groups in total. The highest BCUT2D eigenvalue weighted by Crippen LogP contribution is 2.66. The largest absolute Gasteiger partial charge is 0.461 e. The first-order valence-electron chi connectivity index (χ1n) is 9.94. The topological polar surface area (TPSA) is 78.9 Å². The minimum Gasteiger partial charge on any atom is -0.461 e. The van der Waals surface area contributed by atoms with Gasteiger partial charge in [0.15, 0.2) is 0 Å². The lowest BCUT2D eigenvalue weighted by Gasteiger charge is -2.46. The molecule has 0 amide bonds. The highest BCUT2D eigenvalue weighted by atomic mass is 16.6. The van der Waals surface area contributed by atoms with Crippen molar-refractivity contribution in [2.24, 2.45) is 22.7 Å².